The van der Waals surface area contributed by atoms with Crippen molar-refractivity contribution in [1.29, 1.82) is 0 Å². The van der Waals surface area contributed by atoms with E-state index in [4.69, 9.17) is 0 Å². The van der Waals surface area contributed by atoms with E-state index in [2.05, 4.69) is 29.8 Å². The minimum atomic E-state index is -0.146. The van der Waals surface area contributed by atoms with Crippen LogP contribution in [0.1, 0.15) is 22.9 Å². The van der Waals surface area contributed by atoms with Crippen LogP contribution < -0.4 is 5.32 Å². The molecule has 1 aromatic carbocycles. The van der Waals surface area contributed by atoms with E-state index in [0.717, 1.165) is 30.5 Å². The zero-order valence-electron chi connectivity index (χ0n) is 11.4. The zero-order valence-corrected chi connectivity index (χ0v) is 12.3. The Labute approximate surface area is 118 Å². The summed E-state index contributed by atoms with van der Waals surface area (Å²) in [7, 11) is 0. The highest BCUT2D eigenvalue weighted by Crippen LogP contribution is 2.17. The second-order valence-electron chi connectivity index (χ2n) is 4.81. The fourth-order valence-electron chi connectivity index (χ4n) is 2.30. The van der Waals surface area contributed by atoms with Crippen molar-refractivity contribution in [2.24, 2.45) is 0 Å². The topological polar surface area (TPSA) is 12.0 Å². The Kier molecular flexibility index (Phi) is 5.11. The molecule has 1 atom stereocenters. The summed E-state index contributed by atoms with van der Waals surface area (Å²) in [6.45, 7) is 5.09. The van der Waals surface area contributed by atoms with Gasteiger partial charge in [-0.15, -0.1) is 11.3 Å². The second kappa shape index (κ2) is 6.83. The molecule has 1 unspecified atom stereocenters. The third-order valence-corrected chi connectivity index (χ3v) is 4.20. The van der Waals surface area contributed by atoms with Gasteiger partial charge < -0.3 is 5.32 Å². The minimum absolute atomic E-state index is 0.146. The summed E-state index contributed by atoms with van der Waals surface area (Å²) >= 11 is 1.78. The molecule has 102 valence electrons. The first-order valence-electron chi connectivity index (χ1n) is 6.70. The highest BCUT2D eigenvalue weighted by atomic mass is 32.1. The Morgan fingerprint density at radius 1 is 1.26 bits per heavy atom. The van der Waals surface area contributed by atoms with Gasteiger partial charge in [-0.2, -0.15) is 0 Å². The molecule has 0 amide bonds. The third-order valence-electron chi connectivity index (χ3n) is 3.30. The lowest BCUT2D eigenvalue weighted by molar-refractivity contribution is 0.521. The quantitative estimate of drug-likeness (QED) is 0.842. The summed E-state index contributed by atoms with van der Waals surface area (Å²) in [4.78, 5) is 1.38. The number of thiophene rings is 1. The number of aryl methyl sites for hydroxylation is 1. The number of rotatable bonds is 6. The Morgan fingerprint density at radius 2 is 2.11 bits per heavy atom. The van der Waals surface area contributed by atoms with Crippen molar-refractivity contribution in [1.82, 2.24) is 5.32 Å². The third kappa shape index (κ3) is 4.15. The Balaban J connectivity index is 2.09. The number of benzene rings is 1. The summed E-state index contributed by atoms with van der Waals surface area (Å²) in [5, 5.41) is 5.60. The average Bonchev–Trinajstić information content (AvgIpc) is 2.87. The summed E-state index contributed by atoms with van der Waals surface area (Å²) in [6.07, 6.45) is 1.87. The summed E-state index contributed by atoms with van der Waals surface area (Å²) < 4.78 is 13.3. The van der Waals surface area contributed by atoms with Gasteiger partial charge in [0, 0.05) is 10.9 Å². The van der Waals surface area contributed by atoms with E-state index < -0.39 is 0 Å². The van der Waals surface area contributed by atoms with E-state index in [0.29, 0.717) is 6.04 Å². The maximum atomic E-state index is 13.3. The van der Waals surface area contributed by atoms with E-state index in [-0.39, 0.29) is 5.82 Å². The molecule has 1 heterocycles. The predicted octanol–water partition coefficient (Wildman–Crippen LogP) is 3.96. The lowest BCUT2D eigenvalue weighted by atomic mass is 9.98. The first-order chi connectivity index (χ1) is 9.19. The monoisotopic (exact) mass is 277 g/mol. The SMILES string of the molecule is CCNC(Cc1cccs1)Cc1cc(F)ccc1C. The van der Waals surface area contributed by atoms with E-state index >= 15 is 0 Å². The number of hydrogen-bond donors (Lipinski definition) is 1. The molecule has 0 aliphatic carbocycles. The number of likely N-dealkylation sites (N-methyl/N-ethyl adjacent to an activating group) is 1. The van der Waals surface area contributed by atoms with Crippen LogP contribution in [-0.2, 0) is 12.8 Å². The molecule has 0 aliphatic heterocycles. The van der Waals surface area contributed by atoms with Crippen molar-refractivity contribution in [3.63, 3.8) is 0 Å². The molecular weight excluding hydrogens is 257 g/mol. The molecule has 0 bridgehead atoms. The normalized spacial score (nSPS) is 12.6. The maximum absolute atomic E-state index is 13.3. The fraction of sp³-hybridized carbons (Fsp3) is 0.375. The van der Waals surface area contributed by atoms with Gasteiger partial charge in [-0.3, -0.25) is 0 Å². The molecule has 1 N–H and O–H groups in total. The molecule has 0 radical (unpaired) electrons. The van der Waals surface area contributed by atoms with Crippen molar-refractivity contribution >= 4 is 11.3 Å². The van der Waals surface area contributed by atoms with Gasteiger partial charge in [-0.05, 0) is 61.0 Å². The second-order valence-corrected chi connectivity index (χ2v) is 5.85. The highest BCUT2D eigenvalue weighted by Gasteiger charge is 2.12. The molecule has 0 fully saturated rings. The van der Waals surface area contributed by atoms with Crippen molar-refractivity contribution in [2.75, 3.05) is 6.54 Å². The van der Waals surface area contributed by atoms with Crippen LogP contribution >= 0.6 is 11.3 Å². The molecule has 0 aliphatic rings. The standard InChI is InChI=1S/C16H20FNS/c1-3-18-15(11-16-5-4-8-19-16)10-13-9-14(17)7-6-12(13)2/h4-9,15,18H,3,10-11H2,1-2H3. The van der Waals surface area contributed by atoms with Gasteiger partial charge in [0.1, 0.15) is 5.82 Å². The average molecular weight is 277 g/mol. The Hall–Kier alpha value is -1.19. The summed E-state index contributed by atoms with van der Waals surface area (Å²) in [6, 6.07) is 9.65. The Bertz CT molecular complexity index is 507. The molecule has 1 aromatic heterocycles. The molecule has 0 saturated carbocycles. The molecular formula is C16H20FNS. The molecule has 19 heavy (non-hydrogen) atoms. The molecule has 1 nitrogen and oxygen atoms in total. The van der Waals surface area contributed by atoms with Crippen LogP contribution in [0, 0.1) is 12.7 Å². The van der Waals surface area contributed by atoms with Crippen molar-refractivity contribution in [3.8, 4) is 0 Å². The highest BCUT2D eigenvalue weighted by molar-refractivity contribution is 7.09. The van der Waals surface area contributed by atoms with Gasteiger partial charge in [0.25, 0.3) is 0 Å². The van der Waals surface area contributed by atoms with E-state index in [1.165, 1.54) is 10.9 Å². The first kappa shape index (κ1) is 14.2. The smallest absolute Gasteiger partial charge is 0.123 e. The van der Waals surface area contributed by atoms with Gasteiger partial charge in [0.05, 0.1) is 0 Å². The number of halogens is 1. The van der Waals surface area contributed by atoms with Gasteiger partial charge in [0.2, 0.25) is 0 Å². The van der Waals surface area contributed by atoms with Crippen molar-refractivity contribution in [3.05, 3.63) is 57.5 Å². The molecule has 0 saturated heterocycles. The molecule has 0 spiro atoms. The Morgan fingerprint density at radius 3 is 2.79 bits per heavy atom. The van der Waals surface area contributed by atoms with Crippen LogP contribution in [0.4, 0.5) is 4.39 Å². The molecule has 2 aromatic rings. The molecule has 2 rings (SSSR count). The van der Waals surface area contributed by atoms with Crippen LogP contribution in [0.3, 0.4) is 0 Å². The fourth-order valence-corrected chi connectivity index (χ4v) is 3.09. The summed E-state index contributed by atoms with van der Waals surface area (Å²) in [5.41, 5.74) is 2.26. The minimum Gasteiger partial charge on any atom is -0.314 e. The van der Waals surface area contributed by atoms with Gasteiger partial charge >= 0.3 is 0 Å². The summed E-state index contributed by atoms with van der Waals surface area (Å²) in [5.74, 6) is -0.146. The van der Waals surface area contributed by atoms with E-state index in [1.54, 1.807) is 17.4 Å². The predicted molar refractivity (Wildman–Crippen MR) is 80.3 cm³/mol. The zero-order chi connectivity index (χ0) is 13.7. The maximum Gasteiger partial charge on any atom is 0.123 e. The van der Waals surface area contributed by atoms with E-state index in [1.807, 2.05) is 13.0 Å². The van der Waals surface area contributed by atoms with Crippen LogP contribution in [0.25, 0.3) is 0 Å². The van der Waals surface area contributed by atoms with Crippen LogP contribution in [-0.4, -0.2) is 12.6 Å². The largest absolute Gasteiger partial charge is 0.314 e. The van der Waals surface area contributed by atoms with Crippen LogP contribution in [0.2, 0.25) is 0 Å². The van der Waals surface area contributed by atoms with Crippen molar-refractivity contribution < 1.29 is 4.39 Å². The van der Waals surface area contributed by atoms with Gasteiger partial charge in [-0.25, -0.2) is 4.39 Å². The van der Waals surface area contributed by atoms with Gasteiger partial charge in [0.15, 0.2) is 0 Å². The van der Waals surface area contributed by atoms with Crippen molar-refractivity contribution in [2.45, 2.75) is 32.7 Å². The lowest BCUT2D eigenvalue weighted by Gasteiger charge is -2.18. The molecule has 3 heteroatoms. The lowest BCUT2D eigenvalue weighted by Crippen LogP contribution is -2.33. The number of nitrogens with one attached hydrogen (secondary N) is 1. The first-order valence-corrected chi connectivity index (χ1v) is 7.57. The van der Waals surface area contributed by atoms with Crippen LogP contribution in [0.5, 0.6) is 0 Å². The number of hydrogen-bond acceptors (Lipinski definition) is 2. The van der Waals surface area contributed by atoms with Crippen LogP contribution in [0.15, 0.2) is 35.7 Å². The van der Waals surface area contributed by atoms with E-state index in [9.17, 15) is 4.39 Å². The van der Waals surface area contributed by atoms with Gasteiger partial charge in [-0.1, -0.05) is 19.1 Å².